The van der Waals surface area contributed by atoms with Crippen molar-refractivity contribution in [2.75, 3.05) is 18.1 Å². The van der Waals surface area contributed by atoms with Crippen LogP contribution in [0.5, 0.6) is 11.5 Å². The van der Waals surface area contributed by atoms with E-state index in [0.29, 0.717) is 36.8 Å². The van der Waals surface area contributed by atoms with Crippen LogP contribution in [0.15, 0.2) is 85.2 Å². The third kappa shape index (κ3) is 3.95. The number of aryl methyl sites for hydroxylation is 1. The SMILES string of the molecule is Cn1ccnc1CN(C(=O)c1ccc2c(c1)OCCO2)c1ccc(-c2ccccc2)cc1. The Morgan fingerprint density at radius 2 is 1.66 bits per heavy atom. The molecule has 1 aromatic heterocycles. The van der Waals surface area contributed by atoms with Crippen LogP contribution in [0.2, 0.25) is 0 Å². The second-order valence-corrected chi connectivity index (χ2v) is 7.62. The first-order valence-electron chi connectivity index (χ1n) is 10.5. The van der Waals surface area contributed by atoms with Crippen LogP contribution < -0.4 is 14.4 Å². The summed E-state index contributed by atoms with van der Waals surface area (Å²) in [5, 5.41) is 0. The molecule has 6 nitrogen and oxygen atoms in total. The van der Waals surface area contributed by atoms with E-state index in [0.717, 1.165) is 22.6 Å². The standard InChI is InChI=1S/C26H23N3O3/c1-28-14-13-27-25(28)18-29(22-10-7-20(8-11-22)19-5-3-2-4-6-19)26(30)21-9-12-23-24(17-21)32-16-15-31-23/h2-14,17H,15-16,18H2,1H3. The molecule has 3 aromatic carbocycles. The van der Waals surface area contributed by atoms with Gasteiger partial charge in [0.15, 0.2) is 11.5 Å². The lowest BCUT2D eigenvalue weighted by atomic mass is 10.0. The monoisotopic (exact) mass is 425 g/mol. The molecule has 0 unspecified atom stereocenters. The van der Waals surface area contributed by atoms with Crippen molar-refractivity contribution in [1.29, 1.82) is 0 Å². The molecule has 0 atom stereocenters. The highest BCUT2D eigenvalue weighted by molar-refractivity contribution is 6.06. The average Bonchev–Trinajstić information content (AvgIpc) is 3.26. The Balaban J connectivity index is 1.49. The van der Waals surface area contributed by atoms with Gasteiger partial charge in [0.2, 0.25) is 0 Å². The van der Waals surface area contributed by atoms with Crippen molar-refractivity contribution in [2.45, 2.75) is 6.54 Å². The first-order chi connectivity index (χ1) is 15.7. The topological polar surface area (TPSA) is 56.6 Å². The molecular formula is C26H23N3O3. The average molecular weight is 425 g/mol. The molecule has 160 valence electrons. The predicted octanol–water partition coefficient (Wildman–Crippen LogP) is 4.71. The first kappa shape index (κ1) is 19.9. The van der Waals surface area contributed by atoms with Crippen LogP contribution in [0.1, 0.15) is 16.2 Å². The molecule has 4 aromatic rings. The van der Waals surface area contributed by atoms with Gasteiger partial charge in [-0.1, -0.05) is 42.5 Å². The second-order valence-electron chi connectivity index (χ2n) is 7.62. The van der Waals surface area contributed by atoms with E-state index >= 15 is 0 Å². The van der Waals surface area contributed by atoms with Gasteiger partial charge in [-0.2, -0.15) is 0 Å². The number of ether oxygens (including phenoxy) is 2. The minimum atomic E-state index is -0.127. The van der Waals surface area contributed by atoms with Crippen molar-refractivity contribution < 1.29 is 14.3 Å². The van der Waals surface area contributed by atoms with Gasteiger partial charge in [-0.15, -0.1) is 0 Å². The Labute approximate surface area is 186 Å². The van der Waals surface area contributed by atoms with Gasteiger partial charge < -0.3 is 18.9 Å². The second kappa shape index (κ2) is 8.59. The fourth-order valence-corrected chi connectivity index (χ4v) is 3.77. The number of aromatic nitrogens is 2. The molecule has 0 N–H and O–H groups in total. The Morgan fingerprint density at radius 3 is 2.38 bits per heavy atom. The molecule has 1 aliphatic rings. The number of rotatable bonds is 5. The van der Waals surface area contributed by atoms with Crippen LogP contribution in [0, 0.1) is 0 Å². The minimum Gasteiger partial charge on any atom is -0.486 e. The number of anilines is 1. The van der Waals surface area contributed by atoms with Crippen LogP contribution in [0.25, 0.3) is 11.1 Å². The summed E-state index contributed by atoms with van der Waals surface area (Å²) < 4.78 is 13.2. The zero-order valence-corrected chi connectivity index (χ0v) is 17.8. The smallest absolute Gasteiger partial charge is 0.258 e. The van der Waals surface area contributed by atoms with E-state index in [9.17, 15) is 4.79 Å². The van der Waals surface area contributed by atoms with Gasteiger partial charge in [-0.3, -0.25) is 4.79 Å². The van der Waals surface area contributed by atoms with Crippen molar-refractivity contribution in [3.05, 3.63) is 96.6 Å². The number of amides is 1. The summed E-state index contributed by atoms with van der Waals surface area (Å²) >= 11 is 0. The molecule has 32 heavy (non-hydrogen) atoms. The lowest BCUT2D eigenvalue weighted by molar-refractivity contribution is 0.0983. The number of carbonyl (C=O) groups excluding carboxylic acids is 1. The highest BCUT2D eigenvalue weighted by atomic mass is 16.6. The maximum atomic E-state index is 13.6. The van der Waals surface area contributed by atoms with Gasteiger partial charge in [0, 0.05) is 30.7 Å². The largest absolute Gasteiger partial charge is 0.486 e. The normalized spacial score (nSPS) is 12.4. The quantitative estimate of drug-likeness (QED) is 0.465. The van der Waals surface area contributed by atoms with Gasteiger partial charge >= 0.3 is 0 Å². The molecule has 0 fully saturated rings. The van der Waals surface area contributed by atoms with E-state index in [1.807, 2.05) is 60.3 Å². The van der Waals surface area contributed by atoms with Gasteiger partial charge in [0.05, 0.1) is 6.54 Å². The van der Waals surface area contributed by atoms with E-state index in [2.05, 4.69) is 17.1 Å². The maximum Gasteiger partial charge on any atom is 0.258 e. The Kier molecular flexibility index (Phi) is 5.34. The zero-order valence-electron chi connectivity index (χ0n) is 17.8. The van der Waals surface area contributed by atoms with Crippen LogP contribution >= 0.6 is 0 Å². The third-order valence-corrected chi connectivity index (χ3v) is 5.54. The van der Waals surface area contributed by atoms with E-state index in [-0.39, 0.29) is 5.91 Å². The van der Waals surface area contributed by atoms with Gasteiger partial charge in [0.1, 0.15) is 19.0 Å². The molecule has 5 rings (SSSR count). The van der Waals surface area contributed by atoms with Crippen molar-refractivity contribution in [3.63, 3.8) is 0 Å². The van der Waals surface area contributed by atoms with Crippen LogP contribution in [0.4, 0.5) is 5.69 Å². The Bertz CT molecular complexity index is 1230. The van der Waals surface area contributed by atoms with Crippen molar-refractivity contribution >= 4 is 11.6 Å². The van der Waals surface area contributed by atoms with Gasteiger partial charge in [-0.25, -0.2) is 4.98 Å². The highest BCUT2D eigenvalue weighted by Gasteiger charge is 2.22. The molecule has 0 saturated carbocycles. The lowest BCUT2D eigenvalue weighted by Gasteiger charge is -2.24. The summed E-state index contributed by atoms with van der Waals surface area (Å²) in [6.45, 7) is 1.34. The summed E-state index contributed by atoms with van der Waals surface area (Å²) in [5.41, 5.74) is 3.56. The molecule has 1 amide bonds. The molecule has 0 radical (unpaired) electrons. The minimum absolute atomic E-state index is 0.127. The summed E-state index contributed by atoms with van der Waals surface area (Å²) in [5.74, 6) is 1.93. The number of carbonyl (C=O) groups is 1. The van der Waals surface area contributed by atoms with Gasteiger partial charge in [-0.05, 0) is 41.5 Å². The lowest BCUT2D eigenvalue weighted by Crippen LogP contribution is -2.31. The molecule has 1 aliphatic heterocycles. The fourth-order valence-electron chi connectivity index (χ4n) is 3.77. The van der Waals surface area contributed by atoms with Crippen molar-refractivity contribution in [1.82, 2.24) is 9.55 Å². The molecule has 0 saturated heterocycles. The highest BCUT2D eigenvalue weighted by Crippen LogP contribution is 2.32. The number of hydrogen-bond acceptors (Lipinski definition) is 4. The van der Waals surface area contributed by atoms with Crippen LogP contribution in [-0.2, 0) is 13.6 Å². The van der Waals surface area contributed by atoms with Crippen LogP contribution in [-0.4, -0.2) is 28.7 Å². The van der Waals surface area contributed by atoms with E-state index in [1.54, 1.807) is 29.3 Å². The number of nitrogens with zero attached hydrogens (tertiary/aromatic N) is 3. The number of hydrogen-bond donors (Lipinski definition) is 0. The predicted molar refractivity (Wildman–Crippen MR) is 123 cm³/mol. The molecular weight excluding hydrogens is 402 g/mol. The summed E-state index contributed by atoms with van der Waals surface area (Å²) in [7, 11) is 1.92. The summed E-state index contributed by atoms with van der Waals surface area (Å²) in [6.07, 6.45) is 3.61. The summed E-state index contributed by atoms with van der Waals surface area (Å²) in [4.78, 5) is 19.8. The number of benzene rings is 3. The molecule has 6 heteroatoms. The fraction of sp³-hybridized carbons (Fsp3) is 0.154. The molecule has 0 bridgehead atoms. The Hall–Kier alpha value is -4.06. The van der Waals surface area contributed by atoms with Crippen LogP contribution in [0.3, 0.4) is 0 Å². The van der Waals surface area contributed by atoms with Gasteiger partial charge in [0.25, 0.3) is 5.91 Å². The van der Waals surface area contributed by atoms with E-state index in [1.165, 1.54) is 0 Å². The Morgan fingerprint density at radius 1 is 0.938 bits per heavy atom. The zero-order chi connectivity index (χ0) is 21.9. The maximum absolute atomic E-state index is 13.6. The van der Waals surface area contributed by atoms with Crippen molar-refractivity contribution in [2.24, 2.45) is 7.05 Å². The first-order valence-corrected chi connectivity index (χ1v) is 10.5. The van der Waals surface area contributed by atoms with E-state index < -0.39 is 0 Å². The molecule has 2 heterocycles. The molecule has 0 aliphatic carbocycles. The molecule has 0 spiro atoms. The van der Waals surface area contributed by atoms with Crippen molar-refractivity contribution in [3.8, 4) is 22.6 Å². The number of imidazole rings is 1. The number of fused-ring (bicyclic) bond motifs is 1. The third-order valence-electron chi connectivity index (χ3n) is 5.54. The summed E-state index contributed by atoms with van der Waals surface area (Å²) in [6, 6.07) is 23.5. The van der Waals surface area contributed by atoms with E-state index in [4.69, 9.17) is 9.47 Å².